The van der Waals surface area contributed by atoms with Crippen molar-refractivity contribution in [3.8, 4) is 0 Å². The Morgan fingerprint density at radius 2 is 1.95 bits per heavy atom. The maximum absolute atomic E-state index is 11.7. The molecule has 0 aromatic rings. The van der Waals surface area contributed by atoms with Crippen LogP contribution in [-0.2, 0) is 19.2 Å². The van der Waals surface area contributed by atoms with Gasteiger partial charge in [0.25, 0.3) is 0 Å². The van der Waals surface area contributed by atoms with Gasteiger partial charge in [0.05, 0.1) is 0 Å². The average Bonchev–Trinajstić information content (AvgIpc) is 2.71. The molecule has 0 aliphatic carbocycles. The van der Waals surface area contributed by atoms with E-state index in [9.17, 15) is 19.2 Å². The average molecular weight is 302 g/mol. The monoisotopic (exact) mass is 302 g/mol. The first kappa shape index (κ1) is 16.5. The van der Waals surface area contributed by atoms with E-state index in [0.29, 0.717) is 12.2 Å². The quantitative estimate of drug-likeness (QED) is 0.604. The Hall–Kier alpha value is -1.57. The van der Waals surface area contributed by atoms with Gasteiger partial charge in [-0.25, -0.2) is 4.79 Å². The van der Waals surface area contributed by atoms with E-state index in [0.717, 1.165) is 4.90 Å². The minimum atomic E-state index is -1.08. The predicted octanol–water partition coefficient (Wildman–Crippen LogP) is -0.152. The van der Waals surface area contributed by atoms with Gasteiger partial charge in [0.15, 0.2) is 0 Å². The van der Waals surface area contributed by atoms with Gasteiger partial charge in [-0.15, -0.1) is 0 Å². The third kappa shape index (κ3) is 4.84. The number of nitrogens with zero attached hydrogens (tertiary/aromatic N) is 1. The minimum absolute atomic E-state index is 0.0123. The normalized spacial score (nSPS) is 16.4. The topological polar surface area (TPSA) is 104 Å². The van der Waals surface area contributed by atoms with Gasteiger partial charge in [0, 0.05) is 25.8 Å². The van der Waals surface area contributed by atoms with Gasteiger partial charge in [-0.05, 0) is 18.4 Å². The van der Waals surface area contributed by atoms with Crippen molar-refractivity contribution >= 4 is 35.5 Å². The number of hydrogen-bond donors (Lipinski definition) is 2. The molecule has 1 aliphatic heterocycles. The van der Waals surface area contributed by atoms with E-state index in [-0.39, 0.29) is 37.6 Å². The number of nitrogens with one attached hydrogen (secondary N) is 1. The standard InChI is InChI=1S/C12H18N2O5S/c1-20-7-5-8(12(18)19)13-9(15)4-6-14-10(16)2-3-11(14)17/h8H,2-7H2,1H3,(H,13,15)(H,18,19). The second-order valence-electron chi connectivity index (χ2n) is 4.43. The number of imide groups is 1. The van der Waals surface area contributed by atoms with E-state index in [4.69, 9.17) is 5.11 Å². The van der Waals surface area contributed by atoms with Crippen molar-refractivity contribution in [1.29, 1.82) is 0 Å². The molecule has 2 N–H and O–H groups in total. The van der Waals surface area contributed by atoms with Crippen molar-refractivity contribution in [2.24, 2.45) is 0 Å². The summed E-state index contributed by atoms with van der Waals surface area (Å²) in [4.78, 5) is 46.4. The summed E-state index contributed by atoms with van der Waals surface area (Å²) in [5, 5.41) is 11.4. The van der Waals surface area contributed by atoms with Crippen LogP contribution < -0.4 is 5.32 Å². The van der Waals surface area contributed by atoms with Crippen molar-refractivity contribution in [1.82, 2.24) is 10.2 Å². The highest BCUT2D eigenvalue weighted by atomic mass is 32.2. The van der Waals surface area contributed by atoms with E-state index in [2.05, 4.69) is 5.32 Å². The van der Waals surface area contributed by atoms with Crippen molar-refractivity contribution < 1.29 is 24.3 Å². The van der Waals surface area contributed by atoms with Crippen molar-refractivity contribution in [3.05, 3.63) is 0 Å². The van der Waals surface area contributed by atoms with Gasteiger partial charge >= 0.3 is 5.97 Å². The van der Waals surface area contributed by atoms with Crippen LogP contribution in [0.25, 0.3) is 0 Å². The molecule has 0 spiro atoms. The van der Waals surface area contributed by atoms with Crippen LogP contribution >= 0.6 is 11.8 Å². The minimum Gasteiger partial charge on any atom is -0.480 e. The molecule has 0 aromatic carbocycles. The zero-order valence-corrected chi connectivity index (χ0v) is 12.1. The van der Waals surface area contributed by atoms with Gasteiger partial charge < -0.3 is 10.4 Å². The Bertz CT molecular complexity index is 397. The Labute approximate surface area is 121 Å². The van der Waals surface area contributed by atoms with Gasteiger partial charge in [-0.2, -0.15) is 11.8 Å². The maximum Gasteiger partial charge on any atom is 0.326 e. The summed E-state index contributed by atoms with van der Waals surface area (Å²) in [7, 11) is 0. The molecule has 1 atom stereocenters. The molecule has 20 heavy (non-hydrogen) atoms. The number of aliphatic carboxylic acids is 1. The number of rotatable bonds is 8. The number of thioether (sulfide) groups is 1. The van der Waals surface area contributed by atoms with Gasteiger partial charge in [0.2, 0.25) is 17.7 Å². The first-order chi connectivity index (χ1) is 9.45. The number of carboxylic acids is 1. The van der Waals surface area contributed by atoms with Gasteiger partial charge in [0.1, 0.15) is 6.04 Å². The predicted molar refractivity (Wildman–Crippen MR) is 73.1 cm³/mol. The van der Waals surface area contributed by atoms with Crippen molar-refractivity contribution in [2.45, 2.75) is 31.7 Å². The smallest absolute Gasteiger partial charge is 0.326 e. The third-order valence-electron chi connectivity index (χ3n) is 2.96. The van der Waals surface area contributed by atoms with E-state index in [1.165, 1.54) is 11.8 Å². The highest BCUT2D eigenvalue weighted by molar-refractivity contribution is 7.98. The van der Waals surface area contributed by atoms with Crippen LogP contribution in [0.4, 0.5) is 0 Å². The molecule has 112 valence electrons. The van der Waals surface area contributed by atoms with E-state index in [1.54, 1.807) is 0 Å². The summed E-state index contributed by atoms with van der Waals surface area (Å²) in [6.45, 7) is 0.0123. The number of carboxylic acid groups (broad SMARTS) is 1. The fourth-order valence-corrected chi connectivity index (χ4v) is 2.32. The zero-order valence-electron chi connectivity index (χ0n) is 11.3. The number of hydrogen-bond acceptors (Lipinski definition) is 5. The summed E-state index contributed by atoms with van der Waals surface area (Å²) >= 11 is 1.50. The van der Waals surface area contributed by atoms with E-state index < -0.39 is 17.9 Å². The number of carbonyl (C=O) groups is 4. The van der Waals surface area contributed by atoms with E-state index in [1.807, 2.05) is 6.26 Å². The molecule has 1 unspecified atom stereocenters. The highest BCUT2D eigenvalue weighted by Gasteiger charge is 2.29. The fourth-order valence-electron chi connectivity index (χ4n) is 1.85. The van der Waals surface area contributed by atoms with Crippen LogP contribution in [0.1, 0.15) is 25.7 Å². The second kappa shape index (κ2) is 7.88. The molecule has 1 aliphatic rings. The molecule has 8 heteroatoms. The summed E-state index contributed by atoms with van der Waals surface area (Å²) in [6, 6.07) is -0.931. The SMILES string of the molecule is CSCCC(NC(=O)CCN1C(=O)CCC1=O)C(=O)O. The van der Waals surface area contributed by atoms with E-state index >= 15 is 0 Å². The first-order valence-electron chi connectivity index (χ1n) is 6.30. The Morgan fingerprint density at radius 1 is 1.35 bits per heavy atom. The Balaban J connectivity index is 2.39. The fraction of sp³-hybridized carbons (Fsp3) is 0.667. The highest BCUT2D eigenvalue weighted by Crippen LogP contribution is 2.11. The van der Waals surface area contributed by atoms with Gasteiger partial charge in [-0.3, -0.25) is 19.3 Å². The van der Waals surface area contributed by atoms with Gasteiger partial charge in [-0.1, -0.05) is 0 Å². The first-order valence-corrected chi connectivity index (χ1v) is 7.69. The number of amides is 3. The van der Waals surface area contributed by atoms with Crippen LogP contribution in [0.3, 0.4) is 0 Å². The molecule has 1 heterocycles. The molecule has 1 saturated heterocycles. The maximum atomic E-state index is 11.7. The molecular weight excluding hydrogens is 284 g/mol. The molecule has 1 rings (SSSR count). The molecule has 7 nitrogen and oxygen atoms in total. The van der Waals surface area contributed by atoms with Crippen LogP contribution in [0.5, 0.6) is 0 Å². The second-order valence-corrected chi connectivity index (χ2v) is 5.41. The van der Waals surface area contributed by atoms with Crippen molar-refractivity contribution in [2.75, 3.05) is 18.6 Å². The van der Waals surface area contributed by atoms with Crippen molar-refractivity contribution in [3.63, 3.8) is 0 Å². The molecule has 0 saturated carbocycles. The molecule has 0 aromatic heterocycles. The largest absolute Gasteiger partial charge is 0.480 e. The Morgan fingerprint density at radius 3 is 2.45 bits per heavy atom. The number of likely N-dealkylation sites (tertiary alicyclic amines) is 1. The molecule has 0 radical (unpaired) electrons. The van der Waals surface area contributed by atoms with Crippen LogP contribution in [0, 0.1) is 0 Å². The third-order valence-corrected chi connectivity index (χ3v) is 3.61. The Kier molecular flexibility index (Phi) is 6.50. The molecule has 3 amide bonds. The lowest BCUT2D eigenvalue weighted by Gasteiger charge is -2.16. The van der Waals surface area contributed by atoms with Crippen LogP contribution in [0.2, 0.25) is 0 Å². The summed E-state index contributed by atoms with van der Waals surface area (Å²) in [5.74, 6) is -1.48. The van der Waals surface area contributed by atoms with Crippen LogP contribution in [-0.4, -0.2) is 58.3 Å². The summed E-state index contributed by atoms with van der Waals surface area (Å²) in [6.07, 6.45) is 2.49. The molecule has 0 bridgehead atoms. The number of carbonyl (C=O) groups excluding carboxylic acids is 3. The lowest BCUT2D eigenvalue weighted by Crippen LogP contribution is -2.42. The zero-order chi connectivity index (χ0) is 15.1. The molecule has 1 fully saturated rings. The lowest BCUT2D eigenvalue weighted by atomic mass is 10.2. The lowest BCUT2D eigenvalue weighted by molar-refractivity contribution is -0.143. The van der Waals surface area contributed by atoms with Crippen LogP contribution in [0.15, 0.2) is 0 Å². The molecular formula is C12H18N2O5S. The summed E-state index contributed by atoms with van der Waals surface area (Å²) in [5.41, 5.74) is 0. The summed E-state index contributed by atoms with van der Waals surface area (Å²) < 4.78 is 0.